The number of hydrogen-bond acceptors (Lipinski definition) is 4. The Morgan fingerprint density at radius 2 is 2.00 bits per heavy atom. The molecule has 0 amide bonds. The van der Waals surface area contributed by atoms with Gasteiger partial charge >= 0.3 is 5.97 Å². The van der Waals surface area contributed by atoms with Crippen molar-refractivity contribution in [2.45, 2.75) is 6.04 Å². The number of carboxylic acid groups (broad SMARTS) is 1. The molecule has 104 valence electrons. The predicted octanol–water partition coefficient (Wildman–Crippen LogP) is 1.18. The van der Waals surface area contributed by atoms with Crippen LogP contribution in [-0.4, -0.2) is 49.2 Å². The fourth-order valence-electron chi connectivity index (χ4n) is 2.16. The monoisotopic (exact) mass is 283 g/mol. The summed E-state index contributed by atoms with van der Waals surface area (Å²) in [7, 11) is 2.09. The number of nitrogens with two attached hydrogens (primary N) is 1. The summed E-state index contributed by atoms with van der Waals surface area (Å²) in [6.45, 7) is 3.82. The van der Waals surface area contributed by atoms with Gasteiger partial charge in [-0.1, -0.05) is 17.7 Å². The van der Waals surface area contributed by atoms with Crippen LogP contribution in [0.1, 0.15) is 11.6 Å². The smallest absolute Gasteiger partial charge is 0.325 e. The van der Waals surface area contributed by atoms with Crippen LogP contribution in [0.15, 0.2) is 18.2 Å². The summed E-state index contributed by atoms with van der Waals surface area (Å²) in [6, 6.07) is 4.21. The first-order valence-electron chi connectivity index (χ1n) is 6.20. The molecule has 6 heteroatoms. The molecule has 0 bridgehead atoms. The Morgan fingerprint density at radius 1 is 1.37 bits per heavy atom. The van der Waals surface area contributed by atoms with Gasteiger partial charge in [0.05, 0.1) is 10.7 Å². The molecular weight excluding hydrogens is 266 g/mol. The molecule has 1 aromatic rings. The summed E-state index contributed by atoms with van der Waals surface area (Å²) in [4.78, 5) is 15.3. The minimum absolute atomic E-state index is 0.523. The number of carbonyl (C=O) groups is 1. The van der Waals surface area contributed by atoms with Gasteiger partial charge in [-0.2, -0.15) is 0 Å². The van der Waals surface area contributed by atoms with Gasteiger partial charge in [-0.3, -0.25) is 4.79 Å². The Kier molecular flexibility index (Phi) is 4.29. The molecule has 1 saturated heterocycles. The van der Waals surface area contributed by atoms with Crippen molar-refractivity contribution in [1.82, 2.24) is 4.90 Å². The lowest BCUT2D eigenvalue weighted by molar-refractivity contribution is -0.138. The molecule has 1 atom stereocenters. The molecule has 3 N–H and O–H groups in total. The molecule has 1 aliphatic rings. The van der Waals surface area contributed by atoms with Gasteiger partial charge in [0, 0.05) is 26.2 Å². The van der Waals surface area contributed by atoms with Gasteiger partial charge in [-0.05, 0) is 24.7 Å². The van der Waals surface area contributed by atoms with E-state index in [4.69, 9.17) is 22.4 Å². The van der Waals surface area contributed by atoms with Crippen LogP contribution in [0.3, 0.4) is 0 Å². The Hall–Kier alpha value is -1.30. The zero-order valence-corrected chi connectivity index (χ0v) is 11.6. The van der Waals surface area contributed by atoms with Crippen LogP contribution < -0.4 is 10.6 Å². The van der Waals surface area contributed by atoms with Gasteiger partial charge in [-0.15, -0.1) is 0 Å². The minimum Gasteiger partial charge on any atom is -0.480 e. The number of aliphatic carboxylic acids is 1. The van der Waals surface area contributed by atoms with Crippen molar-refractivity contribution in [2.24, 2.45) is 5.73 Å². The lowest BCUT2D eigenvalue weighted by atomic mass is 10.1. The van der Waals surface area contributed by atoms with Gasteiger partial charge in [0.15, 0.2) is 0 Å². The molecule has 0 aliphatic carbocycles. The van der Waals surface area contributed by atoms with Crippen molar-refractivity contribution in [3.8, 4) is 0 Å². The standard InChI is InChI=1S/C13H18ClN3O2/c1-16-4-6-17(7-5-16)11-3-2-9(8-10(11)14)12(15)13(18)19/h2-3,8,12H,4-7,15H2,1H3,(H,18,19). The third kappa shape index (κ3) is 3.18. The fraction of sp³-hybridized carbons (Fsp3) is 0.462. The Balaban J connectivity index is 2.17. The first kappa shape index (κ1) is 14.1. The van der Waals surface area contributed by atoms with Gasteiger partial charge in [0.1, 0.15) is 6.04 Å². The number of carboxylic acids is 1. The van der Waals surface area contributed by atoms with Crippen molar-refractivity contribution in [1.29, 1.82) is 0 Å². The maximum atomic E-state index is 10.8. The number of rotatable bonds is 3. The maximum Gasteiger partial charge on any atom is 0.325 e. The van der Waals surface area contributed by atoms with Crippen molar-refractivity contribution in [2.75, 3.05) is 38.1 Å². The highest BCUT2D eigenvalue weighted by Crippen LogP contribution is 2.29. The average molecular weight is 284 g/mol. The first-order chi connectivity index (χ1) is 8.99. The molecule has 0 radical (unpaired) electrons. The van der Waals surface area contributed by atoms with E-state index in [1.165, 1.54) is 0 Å². The number of benzene rings is 1. The maximum absolute atomic E-state index is 10.8. The molecule has 2 rings (SSSR count). The van der Waals surface area contributed by atoms with Gasteiger partial charge in [0.25, 0.3) is 0 Å². The lowest BCUT2D eigenvalue weighted by Crippen LogP contribution is -2.44. The van der Waals surface area contributed by atoms with Crippen molar-refractivity contribution < 1.29 is 9.90 Å². The van der Waals surface area contributed by atoms with Gasteiger partial charge < -0.3 is 20.6 Å². The van der Waals surface area contributed by atoms with Crippen LogP contribution in [0, 0.1) is 0 Å². The normalized spacial score (nSPS) is 18.4. The Morgan fingerprint density at radius 3 is 2.53 bits per heavy atom. The van der Waals surface area contributed by atoms with E-state index in [2.05, 4.69) is 16.8 Å². The summed E-state index contributed by atoms with van der Waals surface area (Å²) >= 11 is 6.24. The lowest BCUT2D eigenvalue weighted by Gasteiger charge is -2.34. The summed E-state index contributed by atoms with van der Waals surface area (Å²) in [5.41, 5.74) is 7.04. The van der Waals surface area contributed by atoms with Crippen molar-refractivity contribution in [3.63, 3.8) is 0 Å². The Bertz CT molecular complexity index is 473. The zero-order chi connectivity index (χ0) is 14.0. The molecule has 1 aliphatic heterocycles. The second-order valence-electron chi connectivity index (χ2n) is 4.82. The third-order valence-electron chi connectivity index (χ3n) is 3.44. The summed E-state index contributed by atoms with van der Waals surface area (Å²) < 4.78 is 0. The molecule has 1 fully saturated rings. The molecule has 1 aromatic carbocycles. The molecular formula is C13H18ClN3O2. The Labute approximate surface area is 117 Å². The van der Waals surface area contributed by atoms with Gasteiger partial charge in [-0.25, -0.2) is 0 Å². The van der Waals surface area contributed by atoms with Crippen LogP contribution in [0.2, 0.25) is 5.02 Å². The van der Waals surface area contributed by atoms with Gasteiger partial charge in [0.2, 0.25) is 0 Å². The number of anilines is 1. The number of piperazine rings is 1. The fourth-order valence-corrected chi connectivity index (χ4v) is 2.47. The predicted molar refractivity (Wildman–Crippen MR) is 75.7 cm³/mol. The van der Waals surface area contributed by atoms with Crippen molar-refractivity contribution >= 4 is 23.3 Å². The van der Waals surface area contributed by atoms with E-state index < -0.39 is 12.0 Å². The van der Waals surface area contributed by atoms with Crippen LogP contribution in [0.25, 0.3) is 0 Å². The zero-order valence-electron chi connectivity index (χ0n) is 10.8. The second-order valence-corrected chi connectivity index (χ2v) is 5.22. The van der Waals surface area contributed by atoms with Crippen LogP contribution in [0.5, 0.6) is 0 Å². The van der Waals surface area contributed by atoms with E-state index >= 15 is 0 Å². The van der Waals surface area contributed by atoms with E-state index in [0.717, 1.165) is 31.9 Å². The van der Waals surface area contributed by atoms with E-state index in [-0.39, 0.29) is 0 Å². The summed E-state index contributed by atoms with van der Waals surface area (Å²) in [5.74, 6) is -1.05. The SMILES string of the molecule is CN1CCN(c2ccc(C(N)C(=O)O)cc2Cl)CC1. The average Bonchev–Trinajstić information content (AvgIpc) is 2.39. The molecule has 19 heavy (non-hydrogen) atoms. The van der Waals surface area contributed by atoms with E-state index in [1.807, 2.05) is 6.07 Å². The quantitative estimate of drug-likeness (QED) is 0.872. The van der Waals surface area contributed by atoms with Crippen LogP contribution >= 0.6 is 11.6 Å². The first-order valence-corrected chi connectivity index (χ1v) is 6.58. The van der Waals surface area contributed by atoms with E-state index in [0.29, 0.717) is 10.6 Å². The number of nitrogens with zero attached hydrogens (tertiary/aromatic N) is 2. The molecule has 0 saturated carbocycles. The summed E-state index contributed by atoms with van der Waals surface area (Å²) in [6.07, 6.45) is 0. The largest absolute Gasteiger partial charge is 0.480 e. The van der Waals surface area contributed by atoms with E-state index in [1.54, 1.807) is 12.1 Å². The van der Waals surface area contributed by atoms with Crippen molar-refractivity contribution in [3.05, 3.63) is 28.8 Å². The molecule has 0 spiro atoms. The topological polar surface area (TPSA) is 69.8 Å². The second kappa shape index (κ2) is 5.77. The number of hydrogen-bond donors (Lipinski definition) is 2. The number of likely N-dealkylation sites (N-methyl/N-ethyl adjacent to an activating group) is 1. The highest BCUT2D eigenvalue weighted by Gasteiger charge is 2.19. The molecule has 5 nitrogen and oxygen atoms in total. The molecule has 1 heterocycles. The highest BCUT2D eigenvalue weighted by atomic mass is 35.5. The third-order valence-corrected chi connectivity index (χ3v) is 3.74. The molecule has 1 unspecified atom stereocenters. The van der Waals surface area contributed by atoms with E-state index in [9.17, 15) is 4.79 Å². The number of halogens is 1. The summed E-state index contributed by atoms with van der Waals surface area (Å²) in [5, 5.41) is 9.44. The van der Waals surface area contributed by atoms with Crippen LogP contribution in [0.4, 0.5) is 5.69 Å². The van der Waals surface area contributed by atoms with Crippen LogP contribution in [-0.2, 0) is 4.79 Å². The minimum atomic E-state index is -1.05. The molecule has 0 aromatic heterocycles. The highest BCUT2D eigenvalue weighted by molar-refractivity contribution is 6.33.